The predicted molar refractivity (Wildman–Crippen MR) is 75.0 cm³/mol. The van der Waals surface area contributed by atoms with Gasteiger partial charge in [0.05, 0.1) is 13.5 Å². The van der Waals surface area contributed by atoms with Gasteiger partial charge >= 0.3 is 0 Å². The lowest BCUT2D eigenvalue weighted by Gasteiger charge is -1.97. The van der Waals surface area contributed by atoms with Gasteiger partial charge in [-0.25, -0.2) is 0 Å². The van der Waals surface area contributed by atoms with Crippen molar-refractivity contribution in [2.75, 3.05) is 0 Å². The minimum atomic E-state index is 0.126. The molecule has 0 amide bonds. The molecule has 0 saturated heterocycles. The molecule has 0 spiro atoms. The van der Waals surface area contributed by atoms with Gasteiger partial charge in [-0.05, 0) is 44.3 Å². The van der Waals surface area contributed by atoms with E-state index in [2.05, 4.69) is 64.9 Å². The molecule has 2 rings (SSSR count). The normalized spacial score (nSPS) is 13.0. The fourth-order valence-corrected chi connectivity index (χ4v) is 3.23. The maximum Gasteiger partial charge on any atom is 0.257 e. The Kier molecular flexibility index (Phi) is 4.21. The van der Waals surface area contributed by atoms with Crippen molar-refractivity contribution in [3.8, 4) is 10.8 Å². The molecular formula is C9H7Br3N2OS. The van der Waals surface area contributed by atoms with Gasteiger partial charge in [-0.3, -0.25) is 0 Å². The molecular weight excluding hydrogens is 424 g/mol. The van der Waals surface area contributed by atoms with E-state index in [0.29, 0.717) is 11.8 Å². The van der Waals surface area contributed by atoms with Crippen molar-refractivity contribution >= 4 is 59.1 Å². The van der Waals surface area contributed by atoms with Crippen LogP contribution >= 0.6 is 59.1 Å². The minimum absolute atomic E-state index is 0.126. The molecule has 1 atom stereocenters. The Labute approximate surface area is 122 Å². The van der Waals surface area contributed by atoms with Crippen LogP contribution in [0.3, 0.4) is 0 Å². The van der Waals surface area contributed by atoms with E-state index in [4.69, 9.17) is 4.42 Å². The average Bonchev–Trinajstić information content (AvgIpc) is 2.86. The zero-order chi connectivity index (χ0) is 11.7. The largest absolute Gasteiger partial charge is 0.419 e. The van der Waals surface area contributed by atoms with Crippen molar-refractivity contribution in [3.05, 3.63) is 20.2 Å². The molecule has 86 valence electrons. The molecule has 0 aliphatic rings. The Balaban J connectivity index is 2.31. The lowest BCUT2D eigenvalue weighted by Crippen LogP contribution is -1.86. The maximum absolute atomic E-state index is 5.59. The van der Waals surface area contributed by atoms with Crippen molar-refractivity contribution in [1.82, 2.24) is 10.2 Å². The number of alkyl halides is 1. The zero-order valence-corrected chi connectivity index (χ0v) is 13.8. The Bertz CT molecular complexity index is 477. The molecule has 0 fully saturated rings. The molecule has 2 heterocycles. The summed E-state index contributed by atoms with van der Waals surface area (Å²) in [4.78, 5) is 1.08. The summed E-state index contributed by atoms with van der Waals surface area (Å²) in [6.07, 6.45) is 0.916. The summed E-state index contributed by atoms with van der Waals surface area (Å²) < 4.78 is 7.61. The Hall–Kier alpha value is 0.280. The molecule has 16 heavy (non-hydrogen) atoms. The van der Waals surface area contributed by atoms with Gasteiger partial charge in [0.1, 0.15) is 0 Å². The fraction of sp³-hybridized carbons (Fsp3) is 0.333. The molecule has 3 nitrogen and oxygen atoms in total. The van der Waals surface area contributed by atoms with Crippen molar-refractivity contribution in [1.29, 1.82) is 0 Å². The highest BCUT2D eigenvalue weighted by Crippen LogP contribution is 2.38. The number of hydrogen-bond donors (Lipinski definition) is 0. The van der Waals surface area contributed by atoms with E-state index < -0.39 is 0 Å². The molecule has 2 aromatic heterocycles. The standard InChI is InChI=1S/C9H7Br3N2OS/c1-2-4(10)8-13-14-9(15-8)6-3-5(11)7(12)16-6/h3-4H,2H2,1H3. The van der Waals surface area contributed by atoms with Crippen LogP contribution in [0.4, 0.5) is 0 Å². The number of rotatable bonds is 3. The third kappa shape index (κ3) is 2.57. The number of nitrogens with zero attached hydrogens (tertiary/aromatic N) is 2. The van der Waals surface area contributed by atoms with Crippen LogP contribution in [0.5, 0.6) is 0 Å². The summed E-state index contributed by atoms with van der Waals surface area (Å²) in [5.41, 5.74) is 0. The van der Waals surface area contributed by atoms with E-state index >= 15 is 0 Å². The van der Waals surface area contributed by atoms with Crippen LogP contribution in [-0.2, 0) is 0 Å². The average molecular weight is 431 g/mol. The van der Waals surface area contributed by atoms with Crippen molar-refractivity contribution in [2.45, 2.75) is 18.2 Å². The molecule has 0 radical (unpaired) electrons. The quantitative estimate of drug-likeness (QED) is 0.630. The third-order valence-electron chi connectivity index (χ3n) is 1.92. The maximum atomic E-state index is 5.59. The monoisotopic (exact) mass is 428 g/mol. The lowest BCUT2D eigenvalue weighted by atomic mass is 10.3. The third-order valence-corrected chi connectivity index (χ3v) is 6.21. The molecule has 0 aliphatic heterocycles. The van der Waals surface area contributed by atoms with E-state index in [0.717, 1.165) is 19.6 Å². The second kappa shape index (κ2) is 5.29. The summed E-state index contributed by atoms with van der Waals surface area (Å²) in [6.45, 7) is 2.06. The summed E-state index contributed by atoms with van der Waals surface area (Å²) in [5, 5.41) is 8.05. The van der Waals surface area contributed by atoms with Gasteiger partial charge in [-0.15, -0.1) is 21.5 Å². The Morgan fingerprint density at radius 3 is 2.75 bits per heavy atom. The molecule has 0 N–H and O–H groups in total. The topological polar surface area (TPSA) is 38.9 Å². The van der Waals surface area contributed by atoms with Gasteiger partial charge in [0.15, 0.2) is 0 Å². The van der Waals surface area contributed by atoms with Crippen LogP contribution in [0, 0.1) is 0 Å². The van der Waals surface area contributed by atoms with Crippen LogP contribution in [-0.4, -0.2) is 10.2 Å². The minimum Gasteiger partial charge on any atom is -0.419 e. The molecule has 0 saturated carbocycles. The van der Waals surface area contributed by atoms with E-state index in [1.807, 2.05) is 6.07 Å². The summed E-state index contributed by atoms with van der Waals surface area (Å²) >= 11 is 11.9. The highest BCUT2D eigenvalue weighted by Gasteiger charge is 2.16. The first kappa shape index (κ1) is 12.7. The first-order valence-electron chi connectivity index (χ1n) is 4.54. The molecule has 2 aromatic rings. The molecule has 0 bridgehead atoms. The SMILES string of the molecule is CCC(Br)c1nnc(-c2cc(Br)c(Br)s2)o1. The first-order valence-corrected chi connectivity index (χ1v) is 7.86. The summed E-state index contributed by atoms with van der Waals surface area (Å²) in [6, 6.07) is 1.96. The van der Waals surface area contributed by atoms with Gasteiger partial charge in [0, 0.05) is 4.47 Å². The van der Waals surface area contributed by atoms with E-state index in [1.54, 1.807) is 11.3 Å². The molecule has 0 aliphatic carbocycles. The van der Waals surface area contributed by atoms with Gasteiger partial charge in [0.25, 0.3) is 5.89 Å². The van der Waals surface area contributed by atoms with Crippen molar-refractivity contribution in [2.24, 2.45) is 0 Å². The van der Waals surface area contributed by atoms with Gasteiger partial charge in [-0.1, -0.05) is 22.9 Å². The first-order chi connectivity index (χ1) is 7.61. The highest BCUT2D eigenvalue weighted by molar-refractivity contribution is 9.13. The zero-order valence-electron chi connectivity index (χ0n) is 8.21. The van der Waals surface area contributed by atoms with Gasteiger partial charge in [-0.2, -0.15) is 0 Å². The van der Waals surface area contributed by atoms with Crippen LogP contribution in [0.2, 0.25) is 0 Å². The highest BCUT2D eigenvalue weighted by atomic mass is 79.9. The number of hydrogen-bond acceptors (Lipinski definition) is 4. The van der Waals surface area contributed by atoms with Crippen LogP contribution in [0.25, 0.3) is 10.8 Å². The second-order valence-electron chi connectivity index (χ2n) is 3.05. The summed E-state index contributed by atoms with van der Waals surface area (Å²) in [5.74, 6) is 1.18. The Morgan fingerprint density at radius 1 is 1.44 bits per heavy atom. The fourth-order valence-electron chi connectivity index (χ4n) is 1.09. The number of thiophene rings is 1. The van der Waals surface area contributed by atoms with Gasteiger partial charge in [0.2, 0.25) is 5.89 Å². The van der Waals surface area contributed by atoms with Gasteiger partial charge < -0.3 is 4.42 Å². The van der Waals surface area contributed by atoms with Crippen molar-refractivity contribution in [3.63, 3.8) is 0 Å². The van der Waals surface area contributed by atoms with Crippen LogP contribution in [0.15, 0.2) is 18.7 Å². The second-order valence-corrected chi connectivity index (χ2v) is 7.38. The Morgan fingerprint density at radius 2 is 2.19 bits per heavy atom. The molecule has 1 unspecified atom stereocenters. The lowest BCUT2D eigenvalue weighted by molar-refractivity contribution is 0.501. The number of aromatic nitrogens is 2. The molecule has 0 aromatic carbocycles. The van der Waals surface area contributed by atoms with Crippen LogP contribution < -0.4 is 0 Å². The number of halogens is 3. The smallest absolute Gasteiger partial charge is 0.257 e. The van der Waals surface area contributed by atoms with E-state index in [1.165, 1.54) is 0 Å². The summed E-state index contributed by atoms with van der Waals surface area (Å²) in [7, 11) is 0. The molecule has 7 heteroatoms. The van der Waals surface area contributed by atoms with E-state index in [9.17, 15) is 0 Å². The van der Waals surface area contributed by atoms with Crippen molar-refractivity contribution < 1.29 is 4.42 Å². The van der Waals surface area contributed by atoms with E-state index in [-0.39, 0.29) is 4.83 Å². The van der Waals surface area contributed by atoms with Crippen LogP contribution in [0.1, 0.15) is 24.1 Å². The predicted octanol–water partition coefficient (Wildman–Crippen LogP) is 5.17.